The molecule has 20 heavy (non-hydrogen) atoms. The van der Waals surface area contributed by atoms with Crippen molar-refractivity contribution in [3.8, 4) is 0 Å². The Morgan fingerprint density at radius 3 is 2.40 bits per heavy atom. The lowest BCUT2D eigenvalue weighted by atomic mass is 9.82. The average Bonchev–Trinajstić information content (AvgIpc) is 2.58. The van der Waals surface area contributed by atoms with Crippen LogP contribution in [0.5, 0.6) is 0 Å². The summed E-state index contributed by atoms with van der Waals surface area (Å²) in [5, 5.41) is 5.00. The standard InChI is InChI=1S/C14H27ClN4O/c1-7-20-12(14(3,4)5)11(17-16)8-10-9(2)18-19(6)13(10)15/h11-12,17H,7-8,16H2,1-6H3. The van der Waals surface area contributed by atoms with Crippen LogP contribution >= 0.6 is 11.6 Å². The van der Waals surface area contributed by atoms with Gasteiger partial charge in [0.2, 0.25) is 0 Å². The Morgan fingerprint density at radius 1 is 1.45 bits per heavy atom. The zero-order valence-corrected chi connectivity index (χ0v) is 14.1. The van der Waals surface area contributed by atoms with Crippen molar-refractivity contribution in [2.24, 2.45) is 18.3 Å². The maximum atomic E-state index is 6.30. The summed E-state index contributed by atoms with van der Waals surface area (Å²) in [5.74, 6) is 5.76. The van der Waals surface area contributed by atoms with Gasteiger partial charge in [0, 0.05) is 19.2 Å². The molecule has 1 heterocycles. The van der Waals surface area contributed by atoms with Crippen LogP contribution in [0.2, 0.25) is 5.15 Å². The monoisotopic (exact) mass is 302 g/mol. The Morgan fingerprint density at radius 2 is 2.05 bits per heavy atom. The molecule has 0 amide bonds. The van der Waals surface area contributed by atoms with Crippen LogP contribution in [0, 0.1) is 12.3 Å². The van der Waals surface area contributed by atoms with Crippen molar-refractivity contribution in [3.63, 3.8) is 0 Å². The number of rotatable bonds is 6. The average molecular weight is 303 g/mol. The van der Waals surface area contributed by atoms with Crippen molar-refractivity contribution in [1.82, 2.24) is 15.2 Å². The first-order valence-corrected chi connectivity index (χ1v) is 7.35. The SMILES string of the molecule is CCOC(C(Cc1c(C)nn(C)c1Cl)NN)C(C)(C)C. The molecule has 0 fully saturated rings. The largest absolute Gasteiger partial charge is 0.376 e. The quantitative estimate of drug-likeness (QED) is 0.624. The highest BCUT2D eigenvalue weighted by molar-refractivity contribution is 6.30. The number of ether oxygens (including phenoxy) is 1. The topological polar surface area (TPSA) is 65.1 Å². The minimum Gasteiger partial charge on any atom is -0.376 e. The summed E-state index contributed by atoms with van der Waals surface area (Å²) in [6.45, 7) is 11.1. The molecule has 116 valence electrons. The molecule has 3 N–H and O–H groups in total. The number of nitrogens with one attached hydrogen (secondary N) is 1. The molecule has 1 rings (SSSR count). The molecule has 0 aliphatic rings. The highest BCUT2D eigenvalue weighted by Gasteiger charge is 2.33. The van der Waals surface area contributed by atoms with E-state index in [1.807, 2.05) is 20.9 Å². The van der Waals surface area contributed by atoms with E-state index in [0.29, 0.717) is 18.2 Å². The van der Waals surface area contributed by atoms with Crippen molar-refractivity contribution in [2.75, 3.05) is 6.61 Å². The molecule has 0 radical (unpaired) electrons. The van der Waals surface area contributed by atoms with Gasteiger partial charge in [-0.3, -0.25) is 16.0 Å². The number of aryl methyl sites for hydroxylation is 2. The second-order valence-electron chi connectivity index (χ2n) is 6.20. The fraction of sp³-hybridized carbons (Fsp3) is 0.786. The number of nitrogens with two attached hydrogens (primary N) is 1. The van der Waals surface area contributed by atoms with Crippen molar-refractivity contribution >= 4 is 11.6 Å². The smallest absolute Gasteiger partial charge is 0.130 e. The lowest BCUT2D eigenvalue weighted by Gasteiger charge is -2.36. The summed E-state index contributed by atoms with van der Waals surface area (Å²) in [4.78, 5) is 0. The summed E-state index contributed by atoms with van der Waals surface area (Å²) in [6.07, 6.45) is 0.685. The third-order valence-electron chi connectivity index (χ3n) is 3.47. The molecular formula is C14H27ClN4O. The van der Waals surface area contributed by atoms with E-state index in [0.717, 1.165) is 11.3 Å². The number of hydrogen-bond acceptors (Lipinski definition) is 4. The van der Waals surface area contributed by atoms with Crippen molar-refractivity contribution in [3.05, 3.63) is 16.4 Å². The summed E-state index contributed by atoms with van der Waals surface area (Å²) in [6, 6.07) is -0.0182. The van der Waals surface area contributed by atoms with Crippen molar-refractivity contribution < 1.29 is 4.74 Å². The first kappa shape index (κ1) is 17.4. The number of aromatic nitrogens is 2. The highest BCUT2D eigenvalue weighted by Crippen LogP contribution is 2.28. The molecule has 6 heteroatoms. The van der Waals surface area contributed by atoms with Crippen LogP contribution in [-0.2, 0) is 18.2 Å². The van der Waals surface area contributed by atoms with E-state index in [2.05, 4.69) is 31.3 Å². The maximum Gasteiger partial charge on any atom is 0.130 e. The molecule has 0 saturated heterocycles. The van der Waals surface area contributed by atoms with Gasteiger partial charge in [0.05, 0.1) is 17.8 Å². The molecule has 2 unspecified atom stereocenters. The van der Waals surface area contributed by atoms with Gasteiger partial charge in [0.25, 0.3) is 0 Å². The molecule has 0 spiro atoms. The van der Waals surface area contributed by atoms with Gasteiger partial charge in [-0.05, 0) is 25.7 Å². The van der Waals surface area contributed by atoms with Gasteiger partial charge in [-0.1, -0.05) is 32.4 Å². The summed E-state index contributed by atoms with van der Waals surface area (Å²) < 4.78 is 7.59. The summed E-state index contributed by atoms with van der Waals surface area (Å²) in [7, 11) is 1.84. The molecule has 1 aromatic rings. The van der Waals surface area contributed by atoms with Gasteiger partial charge >= 0.3 is 0 Å². The molecular weight excluding hydrogens is 276 g/mol. The first-order chi connectivity index (χ1) is 9.22. The lowest BCUT2D eigenvalue weighted by molar-refractivity contribution is -0.0356. The van der Waals surface area contributed by atoms with E-state index < -0.39 is 0 Å². The Kier molecular flexibility index (Phi) is 6.01. The van der Waals surface area contributed by atoms with Gasteiger partial charge in [-0.15, -0.1) is 0 Å². The molecule has 0 aliphatic carbocycles. The van der Waals surface area contributed by atoms with E-state index in [1.165, 1.54) is 0 Å². The van der Waals surface area contributed by atoms with Crippen LogP contribution in [0.3, 0.4) is 0 Å². The van der Waals surface area contributed by atoms with E-state index in [4.69, 9.17) is 22.2 Å². The van der Waals surface area contributed by atoms with Crippen LogP contribution in [0.15, 0.2) is 0 Å². The number of hydrazine groups is 1. The zero-order valence-electron chi connectivity index (χ0n) is 13.3. The minimum atomic E-state index is -0.0182. The second kappa shape index (κ2) is 6.89. The minimum absolute atomic E-state index is 0.00632. The maximum absolute atomic E-state index is 6.30. The Labute approximate surface area is 126 Å². The number of nitrogens with zero attached hydrogens (tertiary/aromatic N) is 2. The van der Waals surface area contributed by atoms with Crippen molar-refractivity contribution in [1.29, 1.82) is 0 Å². The van der Waals surface area contributed by atoms with Crippen LogP contribution in [-0.4, -0.2) is 28.5 Å². The molecule has 1 aromatic heterocycles. The van der Waals surface area contributed by atoms with E-state index in [-0.39, 0.29) is 17.6 Å². The molecule has 0 bridgehead atoms. The fourth-order valence-electron chi connectivity index (χ4n) is 2.53. The summed E-state index contributed by atoms with van der Waals surface area (Å²) >= 11 is 6.30. The first-order valence-electron chi connectivity index (χ1n) is 6.98. The third kappa shape index (κ3) is 3.95. The normalized spacial score (nSPS) is 15.4. The zero-order chi connectivity index (χ0) is 15.5. The molecule has 5 nitrogen and oxygen atoms in total. The molecule has 0 aliphatic heterocycles. The van der Waals surface area contributed by atoms with Crippen LogP contribution < -0.4 is 11.3 Å². The van der Waals surface area contributed by atoms with Crippen molar-refractivity contribution in [2.45, 2.75) is 53.2 Å². The molecule has 0 saturated carbocycles. The number of halogens is 1. The lowest BCUT2D eigenvalue weighted by Crippen LogP contribution is -2.52. The van der Waals surface area contributed by atoms with Gasteiger partial charge < -0.3 is 4.74 Å². The Hall–Kier alpha value is -0.620. The van der Waals surface area contributed by atoms with E-state index >= 15 is 0 Å². The van der Waals surface area contributed by atoms with E-state index in [1.54, 1.807) is 4.68 Å². The molecule has 2 atom stereocenters. The molecule has 0 aromatic carbocycles. The predicted molar refractivity (Wildman–Crippen MR) is 82.6 cm³/mol. The highest BCUT2D eigenvalue weighted by atomic mass is 35.5. The number of hydrogen-bond donors (Lipinski definition) is 2. The van der Waals surface area contributed by atoms with Crippen LogP contribution in [0.25, 0.3) is 0 Å². The van der Waals surface area contributed by atoms with Crippen LogP contribution in [0.4, 0.5) is 0 Å². The van der Waals surface area contributed by atoms with Gasteiger partial charge in [0.15, 0.2) is 0 Å². The Bertz CT molecular complexity index is 439. The summed E-state index contributed by atoms with van der Waals surface area (Å²) in [5.41, 5.74) is 4.82. The van der Waals surface area contributed by atoms with Gasteiger partial charge in [0.1, 0.15) is 5.15 Å². The van der Waals surface area contributed by atoms with E-state index in [9.17, 15) is 0 Å². The van der Waals surface area contributed by atoms with Gasteiger partial charge in [-0.25, -0.2) is 0 Å². The predicted octanol–water partition coefficient (Wildman–Crippen LogP) is 2.21. The fourth-order valence-corrected chi connectivity index (χ4v) is 2.78. The Balaban J connectivity index is 3.00. The van der Waals surface area contributed by atoms with Crippen LogP contribution in [0.1, 0.15) is 39.0 Å². The van der Waals surface area contributed by atoms with Gasteiger partial charge in [-0.2, -0.15) is 5.10 Å². The third-order valence-corrected chi connectivity index (χ3v) is 3.95. The second-order valence-corrected chi connectivity index (χ2v) is 6.56.